The zero-order valence-electron chi connectivity index (χ0n) is 17.6. The molecule has 0 atom stereocenters. The lowest BCUT2D eigenvalue weighted by molar-refractivity contribution is 0.102. The predicted molar refractivity (Wildman–Crippen MR) is 110 cm³/mol. The number of ether oxygens (including phenoxy) is 3. The molecule has 0 aliphatic heterocycles. The predicted octanol–water partition coefficient (Wildman–Crippen LogP) is 3.16. The standard InChI is InChI=1S/C21H26N4O4/c1-13-11-16(14(2)24(13)3)21(26)23-18-9-10-22-25(18)12-15-7-8-17(27-4)20(29-6)19(15)28-5/h7-11H,12H2,1-6H3,(H,23,26). The number of aromatic nitrogens is 3. The number of anilines is 1. The molecule has 0 saturated heterocycles. The number of carbonyl (C=O) groups excluding carboxylic acids is 1. The number of amides is 1. The van der Waals surface area contributed by atoms with Gasteiger partial charge in [0.2, 0.25) is 5.75 Å². The van der Waals surface area contributed by atoms with E-state index in [1.165, 1.54) is 0 Å². The zero-order valence-corrected chi connectivity index (χ0v) is 17.6. The van der Waals surface area contributed by atoms with Crippen molar-refractivity contribution in [3.05, 3.63) is 53.0 Å². The molecule has 1 aromatic carbocycles. The van der Waals surface area contributed by atoms with Crippen LogP contribution < -0.4 is 19.5 Å². The molecule has 0 unspecified atom stereocenters. The molecule has 0 fully saturated rings. The number of aryl methyl sites for hydroxylation is 1. The maximum absolute atomic E-state index is 12.8. The fourth-order valence-electron chi connectivity index (χ4n) is 3.28. The van der Waals surface area contributed by atoms with Crippen molar-refractivity contribution in [2.45, 2.75) is 20.4 Å². The van der Waals surface area contributed by atoms with Crippen LogP contribution in [0.15, 0.2) is 30.5 Å². The number of hydrogen-bond acceptors (Lipinski definition) is 5. The van der Waals surface area contributed by atoms with Crippen molar-refractivity contribution in [3.8, 4) is 17.2 Å². The molecule has 0 spiro atoms. The highest BCUT2D eigenvalue weighted by Crippen LogP contribution is 2.40. The lowest BCUT2D eigenvalue weighted by Crippen LogP contribution is -2.17. The molecule has 0 bridgehead atoms. The fraction of sp³-hybridized carbons (Fsp3) is 0.333. The first-order valence-electron chi connectivity index (χ1n) is 9.15. The molecular formula is C21H26N4O4. The topological polar surface area (TPSA) is 79.5 Å². The van der Waals surface area contributed by atoms with E-state index in [1.54, 1.807) is 38.3 Å². The fourth-order valence-corrected chi connectivity index (χ4v) is 3.28. The summed E-state index contributed by atoms with van der Waals surface area (Å²) in [7, 11) is 6.65. The second-order valence-corrected chi connectivity index (χ2v) is 6.67. The first-order valence-corrected chi connectivity index (χ1v) is 9.15. The van der Waals surface area contributed by atoms with Crippen LogP contribution in [0.4, 0.5) is 5.82 Å². The SMILES string of the molecule is COc1ccc(Cn2nccc2NC(=O)c2cc(C)n(C)c2C)c(OC)c1OC. The number of benzene rings is 1. The Kier molecular flexibility index (Phi) is 5.81. The largest absolute Gasteiger partial charge is 0.493 e. The van der Waals surface area contributed by atoms with Crippen LogP contribution in [0.1, 0.15) is 27.3 Å². The van der Waals surface area contributed by atoms with Crippen LogP contribution in [0.5, 0.6) is 17.2 Å². The van der Waals surface area contributed by atoms with E-state index in [-0.39, 0.29) is 5.91 Å². The summed E-state index contributed by atoms with van der Waals surface area (Å²) in [6.45, 7) is 4.28. The van der Waals surface area contributed by atoms with Crippen molar-refractivity contribution in [3.63, 3.8) is 0 Å². The zero-order chi connectivity index (χ0) is 21.1. The molecule has 0 radical (unpaired) electrons. The van der Waals surface area contributed by atoms with E-state index in [4.69, 9.17) is 14.2 Å². The second-order valence-electron chi connectivity index (χ2n) is 6.67. The van der Waals surface area contributed by atoms with Gasteiger partial charge in [-0.15, -0.1) is 0 Å². The van der Waals surface area contributed by atoms with Gasteiger partial charge in [-0.2, -0.15) is 5.10 Å². The van der Waals surface area contributed by atoms with Gasteiger partial charge in [-0.3, -0.25) is 4.79 Å². The Hall–Kier alpha value is -3.42. The Labute approximate surface area is 170 Å². The molecule has 2 aromatic heterocycles. The van der Waals surface area contributed by atoms with Crippen LogP contribution in [0.2, 0.25) is 0 Å². The van der Waals surface area contributed by atoms with Crippen LogP contribution in [-0.4, -0.2) is 41.6 Å². The molecule has 3 aromatic rings. The summed E-state index contributed by atoms with van der Waals surface area (Å²) in [6, 6.07) is 7.34. The lowest BCUT2D eigenvalue weighted by atomic mass is 10.1. The van der Waals surface area contributed by atoms with Gasteiger partial charge in [-0.05, 0) is 32.0 Å². The molecule has 2 heterocycles. The van der Waals surface area contributed by atoms with E-state index < -0.39 is 0 Å². The molecule has 8 heteroatoms. The Balaban J connectivity index is 1.88. The third kappa shape index (κ3) is 3.78. The van der Waals surface area contributed by atoms with Crippen molar-refractivity contribution < 1.29 is 19.0 Å². The monoisotopic (exact) mass is 398 g/mol. The molecule has 1 N–H and O–H groups in total. The maximum atomic E-state index is 12.8. The first kappa shape index (κ1) is 20.3. The molecule has 154 valence electrons. The average Bonchev–Trinajstić information content (AvgIpc) is 3.26. The lowest BCUT2D eigenvalue weighted by Gasteiger charge is -2.16. The van der Waals surface area contributed by atoms with Crippen molar-refractivity contribution in [2.75, 3.05) is 26.6 Å². The van der Waals surface area contributed by atoms with Crippen LogP contribution in [-0.2, 0) is 13.6 Å². The number of nitrogens with one attached hydrogen (secondary N) is 1. The van der Waals surface area contributed by atoms with Crippen molar-refractivity contribution in [2.24, 2.45) is 7.05 Å². The molecule has 0 aliphatic carbocycles. The van der Waals surface area contributed by atoms with Crippen molar-refractivity contribution in [1.82, 2.24) is 14.3 Å². The minimum atomic E-state index is -0.174. The van der Waals surface area contributed by atoms with E-state index in [0.717, 1.165) is 17.0 Å². The van der Waals surface area contributed by atoms with Gasteiger partial charge in [0.15, 0.2) is 11.5 Å². The molecule has 0 saturated carbocycles. The molecule has 3 rings (SSSR count). The summed E-state index contributed by atoms with van der Waals surface area (Å²) >= 11 is 0. The third-order valence-electron chi connectivity index (χ3n) is 5.08. The van der Waals surface area contributed by atoms with Gasteiger partial charge in [0.05, 0.1) is 39.6 Å². The highest BCUT2D eigenvalue weighted by atomic mass is 16.5. The minimum absolute atomic E-state index is 0.174. The third-order valence-corrected chi connectivity index (χ3v) is 5.08. The van der Waals surface area contributed by atoms with Gasteiger partial charge in [0.25, 0.3) is 5.91 Å². The van der Waals surface area contributed by atoms with Gasteiger partial charge in [0.1, 0.15) is 5.82 Å². The summed E-state index contributed by atoms with van der Waals surface area (Å²) in [4.78, 5) is 12.8. The Morgan fingerprint density at radius 2 is 1.79 bits per heavy atom. The molecule has 8 nitrogen and oxygen atoms in total. The number of rotatable bonds is 7. The molecule has 1 amide bonds. The smallest absolute Gasteiger partial charge is 0.258 e. The number of methoxy groups -OCH3 is 3. The first-order chi connectivity index (χ1) is 13.9. The molecular weight excluding hydrogens is 372 g/mol. The van der Waals surface area contributed by atoms with Gasteiger partial charge < -0.3 is 24.1 Å². The van der Waals surface area contributed by atoms with Crippen LogP contribution in [0, 0.1) is 13.8 Å². The maximum Gasteiger partial charge on any atom is 0.258 e. The Morgan fingerprint density at radius 3 is 2.38 bits per heavy atom. The summed E-state index contributed by atoms with van der Waals surface area (Å²) < 4.78 is 20.0. The van der Waals surface area contributed by atoms with Gasteiger partial charge in [-0.1, -0.05) is 0 Å². The minimum Gasteiger partial charge on any atom is -0.493 e. The van der Waals surface area contributed by atoms with Gasteiger partial charge >= 0.3 is 0 Å². The second kappa shape index (κ2) is 8.30. The van der Waals surface area contributed by atoms with E-state index in [9.17, 15) is 4.79 Å². The highest BCUT2D eigenvalue weighted by Gasteiger charge is 2.19. The summed E-state index contributed by atoms with van der Waals surface area (Å²) in [5, 5.41) is 7.29. The van der Waals surface area contributed by atoms with E-state index in [1.807, 2.05) is 43.7 Å². The number of nitrogens with zero attached hydrogens (tertiary/aromatic N) is 3. The number of hydrogen-bond donors (Lipinski definition) is 1. The van der Waals surface area contributed by atoms with E-state index in [0.29, 0.717) is 35.2 Å². The summed E-state index contributed by atoms with van der Waals surface area (Å²) in [5.41, 5.74) is 3.42. The average molecular weight is 398 g/mol. The van der Waals surface area contributed by atoms with Gasteiger partial charge in [0, 0.05) is 30.1 Å². The van der Waals surface area contributed by atoms with Crippen LogP contribution in [0.3, 0.4) is 0 Å². The Morgan fingerprint density at radius 1 is 1.07 bits per heavy atom. The molecule has 29 heavy (non-hydrogen) atoms. The summed E-state index contributed by atoms with van der Waals surface area (Å²) in [5.74, 6) is 2.08. The normalized spacial score (nSPS) is 10.7. The number of carbonyl (C=O) groups is 1. The summed E-state index contributed by atoms with van der Waals surface area (Å²) in [6.07, 6.45) is 1.64. The highest BCUT2D eigenvalue weighted by molar-refractivity contribution is 6.04. The van der Waals surface area contributed by atoms with E-state index >= 15 is 0 Å². The van der Waals surface area contributed by atoms with E-state index in [2.05, 4.69) is 10.4 Å². The molecule has 0 aliphatic rings. The Bertz CT molecular complexity index is 1040. The van der Waals surface area contributed by atoms with Crippen molar-refractivity contribution >= 4 is 11.7 Å². The van der Waals surface area contributed by atoms with Crippen LogP contribution >= 0.6 is 0 Å². The van der Waals surface area contributed by atoms with Gasteiger partial charge in [-0.25, -0.2) is 4.68 Å². The van der Waals surface area contributed by atoms with Crippen LogP contribution in [0.25, 0.3) is 0 Å². The van der Waals surface area contributed by atoms with Crippen molar-refractivity contribution in [1.29, 1.82) is 0 Å². The quantitative estimate of drug-likeness (QED) is 0.661.